The molecule has 0 aromatic rings. The van der Waals surface area contributed by atoms with Crippen molar-refractivity contribution in [1.82, 2.24) is 5.32 Å². The van der Waals surface area contributed by atoms with Crippen LogP contribution in [-0.4, -0.2) is 42.8 Å². The molecule has 0 aromatic carbocycles. The number of piperidine rings is 2. The van der Waals surface area contributed by atoms with Gasteiger partial charge in [-0.3, -0.25) is 0 Å². The predicted molar refractivity (Wildman–Crippen MR) is 63.6 cm³/mol. The SMILES string of the molecule is OC1(CCCC2OCCO2)CC2CCC1NC2. The third-order valence-electron chi connectivity index (χ3n) is 4.55. The molecule has 17 heavy (non-hydrogen) atoms. The number of aliphatic hydroxyl groups is 1. The minimum atomic E-state index is -0.472. The molecule has 3 saturated heterocycles. The first-order valence-electron chi connectivity index (χ1n) is 6.95. The zero-order chi connectivity index (χ0) is 11.7. The first-order valence-corrected chi connectivity index (χ1v) is 6.95. The van der Waals surface area contributed by atoms with Gasteiger partial charge in [-0.05, 0) is 51.0 Å². The van der Waals surface area contributed by atoms with Crippen LogP contribution in [0.3, 0.4) is 0 Å². The summed E-state index contributed by atoms with van der Waals surface area (Å²) >= 11 is 0. The lowest BCUT2D eigenvalue weighted by Crippen LogP contribution is -2.61. The summed E-state index contributed by atoms with van der Waals surface area (Å²) in [5.74, 6) is 0.684. The molecule has 4 aliphatic rings. The van der Waals surface area contributed by atoms with Gasteiger partial charge in [0.1, 0.15) is 0 Å². The van der Waals surface area contributed by atoms with Crippen LogP contribution in [0.4, 0.5) is 0 Å². The van der Waals surface area contributed by atoms with Crippen molar-refractivity contribution in [1.29, 1.82) is 0 Å². The Morgan fingerprint density at radius 1 is 1.24 bits per heavy atom. The first-order chi connectivity index (χ1) is 8.26. The van der Waals surface area contributed by atoms with Crippen molar-refractivity contribution in [2.75, 3.05) is 19.8 Å². The van der Waals surface area contributed by atoms with Crippen LogP contribution in [0.15, 0.2) is 0 Å². The van der Waals surface area contributed by atoms with Gasteiger partial charge in [-0.15, -0.1) is 0 Å². The van der Waals surface area contributed by atoms with Crippen molar-refractivity contribution in [3.05, 3.63) is 0 Å². The average molecular weight is 241 g/mol. The molecule has 1 saturated carbocycles. The Bertz CT molecular complexity index is 259. The number of fused-ring (bicyclic) bond motifs is 3. The molecule has 0 aromatic heterocycles. The topological polar surface area (TPSA) is 50.7 Å². The van der Waals surface area contributed by atoms with E-state index in [1.165, 1.54) is 6.42 Å². The van der Waals surface area contributed by atoms with Gasteiger partial charge in [-0.1, -0.05) is 0 Å². The van der Waals surface area contributed by atoms with Crippen molar-refractivity contribution in [2.45, 2.75) is 56.5 Å². The van der Waals surface area contributed by atoms with Gasteiger partial charge in [-0.2, -0.15) is 0 Å². The van der Waals surface area contributed by atoms with Crippen molar-refractivity contribution in [2.24, 2.45) is 5.92 Å². The Balaban J connectivity index is 1.47. The Labute approximate surface area is 103 Å². The van der Waals surface area contributed by atoms with Gasteiger partial charge in [0, 0.05) is 6.04 Å². The number of hydrogen-bond acceptors (Lipinski definition) is 4. The van der Waals surface area contributed by atoms with Crippen molar-refractivity contribution >= 4 is 0 Å². The Kier molecular flexibility index (Phi) is 3.39. The van der Waals surface area contributed by atoms with Crippen LogP contribution in [0.5, 0.6) is 0 Å². The number of rotatable bonds is 4. The molecule has 4 heteroatoms. The van der Waals surface area contributed by atoms with Gasteiger partial charge in [0.05, 0.1) is 18.8 Å². The second kappa shape index (κ2) is 4.84. The quantitative estimate of drug-likeness (QED) is 0.772. The third kappa shape index (κ3) is 2.50. The molecule has 4 fully saturated rings. The molecule has 2 bridgehead atoms. The molecular formula is C13H23NO3. The van der Waals surface area contributed by atoms with Gasteiger partial charge < -0.3 is 19.9 Å². The maximum absolute atomic E-state index is 10.7. The van der Waals surface area contributed by atoms with E-state index in [1.807, 2.05) is 0 Å². The second-order valence-corrected chi connectivity index (χ2v) is 5.78. The van der Waals surface area contributed by atoms with Crippen molar-refractivity contribution in [3.8, 4) is 0 Å². The van der Waals surface area contributed by atoms with Crippen LogP contribution < -0.4 is 5.32 Å². The second-order valence-electron chi connectivity index (χ2n) is 5.78. The van der Waals surface area contributed by atoms with Crippen LogP contribution in [0.2, 0.25) is 0 Å². The lowest BCUT2D eigenvalue weighted by atomic mass is 9.69. The van der Waals surface area contributed by atoms with E-state index in [4.69, 9.17) is 9.47 Å². The molecule has 0 spiro atoms. The summed E-state index contributed by atoms with van der Waals surface area (Å²) in [7, 11) is 0. The average Bonchev–Trinajstić information content (AvgIpc) is 2.83. The van der Waals surface area contributed by atoms with Crippen LogP contribution in [0.1, 0.15) is 38.5 Å². The summed E-state index contributed by atoms with van der Waals surface area (Å²) in [5.41, 5.74) is -0.472. The molecule has 1 aliphatic carbocycles. The molecule has 98 valence electrons. The lowest BCUT2D eigenvalue weighted by molar-refractivity contribution is -0.0863. The Morgan fingerprint density at radius 2 is 2.06 bits per heavy atom. The van der Waals surface area contributed by atoms with E-state index in [1.54, 1.807) is 0 Å². The monoisotopic (exact) mass is 241 g/mol. The van der Waals surface area contributed by atoms with Crippen LogP contribution in [-0.2, 0) is 9.47 Å². The highest BCUT2D eigenvalue weighted by molar-refractivity contribution is 5.02. The summed E-state index contributed by atoms with van der Waals surface area (Å²) in [6.45, 7) is 2.55. The summed E-state index contributed by atoms with van der Waals surface area (Å²) in [4.78, 5) is 0. The smallest absolute Gasteiger partial charge is 0.157 e. The standard InChI is InChI=1S/C13H23NO3/c15-13(5-1-2-12-16-6-7-17-12)8-10-3-4-11(13)14-9-10/h10-12,14-15H,1-9H2. The van der Waals surface area contributed by atoms with E-state index in [9.17, 15) is 5.11 Å². The maximum Gasteiger partial charge on any atom is 0.157 e. The minimum Gasteiger partial charge on any atom is -0.388 e. The van der Waals surface area contributed by atoms with E-state index in [-0.39, 0.29) is 6.29 Å². The number of nitrogens with one attached hydrogen (secondary N) is 1. The molecule has 0 amide bonds. The van der Waals surface area contributed by atoms with Gasteiger partial charge >= 0.3 is 0 Å². The lowest BCUT2D eigenvalue weighted by Gasteiger charge is -2.49. The van der Waals surface area contributed by atoms with Gasteiger partial charge in [0.2, 0.25) is 0 Å². The Hall–Kier alpha value is -0.160. The molecule has 4 nitrogen and oxygen atoms in total. The first kappa shape index (κ1) is 11.9. The van der Waals surface area contributed by atoms with E-state index < -0.39 is 5.60 Å². The molecule has 2 N–H and O–H groups in total. The molecule has 3 atom stereocenters. The highest BCUT2D eigenvalue weighted by Crippen LogP contribution is 2.39. The predicted octanol–water partition coefficient (Wildman–Crippen LogP) is 1.03. The fraction of sp³-hybridized carbons (Fsp3) is 1.00. The van der Waals surface area contributed by atoms with Gasteiger partial charge in [0.25, 0.3) is 0 Å². The van der Waals surface area contributed by atoms with E-state index in [0.29, 0.717) is 12.0 Å². The van der Waals surface area contributed by atoms with Crippen molar-refractivity contribution in [3.63, 3.8) is 0 Å². The highest BCUT2D eigenvalue weighted by atomic mass is 16.7. The zero-order valence-corrected chi connectivity index (χ0v) is 10.4. The fourth-order valence-electron chi connectivity index (χ4n) is 3.62. The molecule has 0 radical (unpaired) electrons. The highest BCUT2D eigenvalue weighted by Gasteiger charge is 2.45. The van der Waals surface area contributed by atoms with Crippen molar-refractivity contribution < 1.29 is 14.6 Å². The van der Waals surface area contributed by atoms with Gasteiger partial charge in [-0.25, -0.2) is 0 Å². The molecule has 3 aliphatic heterocycles. The van der Waals surface area contributed by atoms with Gasteiger partial charge in [0.15, 0.2) is 6.29 Å². The number of ether oxygens (including phenoxy) is 2. The summed E-state index contributed by atoms with van der Waals surface area (Å²) < 4.78 is 10.8. The molecule has 3 unspecified atom stereocenters. The normalized spacial score (nSPS) is 42.2. The van der Waals surface area contributed by atoms with E-state index in [0.717, 1.165) is 51.9 Å². The zero-order valence-electron chi connectivity index (χ0n) is 10.4. The van der Waals surface area contributed by atoms with Crippen LogP contribution in [0, 0.1) is 5.92 Å². The van der Waals surface area contributed by atoms with Crippen LogP contribution >= 0.6 is 0 Å². The molecule has 4 rings (SSSR count). The number of hydrogen-bond donors (Lipinski definition) is 2. The van der Waals surface area contributed by atoms with Crippen LogP contribution in [0.25, 0.3) is 0 Å². The summed E-state index contributed by atoms with van der Waals surface area (Å²) in [5, 5.41) is 14.2. The molecular weight excluding hydrogens is 218 g/mol. The minimum absolute atomic E-state index is 0.0210. The fourth-order valence-corrected chi connectivity index (χ4v) is 3.62. The summed E-state index contributed by atoms with van der Waals surface area (Å²) in [6.07, 6.45) is 6.17. The Morgan fingerprint density at radius 3 is 2.65 bits per heavy atom. The largest absolute Gasteiger partial charge is 0.388 e. The summed E-state index contributed by atoms with van der Waals surface area (Å²) in [6, 6.07) is 0.318. The third-order valence-corrected chi connectivity index (χ3v) is 4.55. The maximum atomic E-state index is 10.7. The molecule has 3 heterocycles. The van der Waals surface area contributed by atoms with E-state index in [2.05, 4.69) is 5.32 Å². The van der Waals surface area contributed by atoms with E-state index >= 15 is 0 Å².